The highest BCUT2D eigenvalue weighted by Crippen LogP contribution is 2.37. The second-order valence-corrected chi connectivity index (χ2v) is 7.99. The molecule has 0 radical (unpaired) electrons. The van der Waals surface area contributed by atoms with Gasteiger partial charge < -0.3 is 23.8 Å². The fraction of sp³-hybridized carbons (Fsp3) is 0.240. The van der Waals surface area contributed by atoms with Gasteiger partial charge in [-0.3, -0.25) is 10.2 Å². The second kappa shape index (κ2) is 10.5. The number of ether oxygens (including phenoxy) is 4. The molecule has 2 aliphatic heterocycles. The molecule has 2 aliphatic rings. The van der Waals surface area contributed by atoms with Gasteiger partial charge in [0.05, 0.1) is 38.0 Å². The number of hydroxylamine groups is 2. The molecular formula is C25H24ClN3O6. The summed E-state index contributed by atoms with van der Waals surface area (Å²) in [7, 11) is 3.11. The second-order valence-electron chi connectivity index (χ2n) is 7.58. The Hall–Kier alpha value is -3.98. The lowest BCUT2D eigenvalue weighted by Crippen LogP contribution is -2.38. The molecule has 0 spiro atoms. The summed E-state index contributed by atoms with van der Waals surface area (Å²) < 4.78 is 22.1. The molecule has 182 valence electrons. The molecule has 0 saturated heterocycles. The van der Waals surface area contributed by atoms with Gasteiger partial charge in [-0.1, -0.05) is 11.6 Å². The zero-order chi connectivity index (χ0) is 24.9. The van der Waals surface area contributed by atoms with Crippen LogP contribution in [0.1, 0.15) is 18.9 Å². The SMILES string of the molecule is COc1ccc(OCCCOc2c(Cl)cc(/C=C3\C(=N)N4OC(C)=CC4=NC3=O)cc2OC)cc1. The average molecular weight is 498 g/mol. The molecule has 0 unspecified atom stereocenters. The molecule has 10 heteroatoms. The minimum absolute atomic E-state index is 0.0688. The van der Waals surface area contributed by atoms with Crippen molar-refractivity contribution < 1.29 is 28.6 Å². The van der Waals surface area contributed by atoms with Gasteiger partial charge >= 0.3 is 0 Å². The summed E-state index contributed by atoms with van der Waals surface area (Å²) in [6, 6.07) is 10.6. The Kier molecular flexibility index (Phi) is 7.26. The number of nitrogens with zero attached hydrogens (tertiary/aromatic N) is 2. The van der Waals surface area contributed by atoms with E-state index in [1.54, 1.807) is 32.2 Å². The number of amides is 1. The number of halogens is 1. The molecule has 0 aromatic heterocycles. The fourth-order valence-electron chi connectivity index (χ4n) is 3.43. The molecule has 35 heavy (non-hydrogen) atoms. The van der Waals surface area contributed by atoms with E-state index in [-0.39, 0.29) is 17.2 Å². The molecule has 9 nitrogen and oxygen atoms in total. The molecule has 2 heterocycles. The summed E-state index contributed by atoms with van der Waals surface area (Å²) in [6.45, 7) is 2.53. The maximum atomic E-state index is 12.5. The Labute approximate surface area is 207 Å². The highest BCUT2D eigenvalue weighted by atomic mass is 35.5. The Bertz CT molecular complexity index is 1240. The summed E-state index contributed by atoms with van der Waals surface area (Å²) in [5.41, 5.74) is 0.622. The number of allylic oxidation sites excluding steroid dienone is 1. The Balaban J connectivity index is 1.40. The number of hydrogen-bond acceptors (Lipinski definition) is 7. The first-order valence-electron chi connectivity index (χ1n) is 10.8. The number of benzene rings is 2. The van der Waals surface area contributed by atoms with Crippen LogP contribution in [0.3, 0.4) is 0 Å². The van der Waals surface area contributed by atoms with E-state index in [1.165, 1.54) is 18.2 Å². The summed E-state index contributed by atoms with van der Waals surface area (Å²) in [5.74, 6) is 2.46. The van der Waals surface area contributed by atoms with Gasteiger partial charge in [0.25, 0.3) is 5.91 Å². The first-order valence-corrected chi connectivity index (χ1v) is 11.1. The number of fused-ring (bicyclic) bond motifs is 1. The lowest BCUT2D eigenvalue weighted by molar-refractivity contribution is -0.114. The highest BCUT2D eigenvalue weighted by Gasteiger charge is 2.34. The van der Waals surface area contributed by atoms with Crippen LogP contribution < -0.4 is 18.9 Å². The maximum Gasteiger partial charge on any atom is 0.282 e. The van der Waals surface area contributed by atoms with Gasteiger partial charge in [-0.2, -0.15) is 4.99 Å². The molecular weight excluding hydrogens is 474 g/mol. The lowest BCUT2D eigenvalue weighted by Gasteiger charge is -2.23. The minimum atomic E-state index is -0.539. The van der Waals surface area contributed by atoms with Crippen molar-refractivity contribution in [3.8, 4) is 23.0 Å². The van der Waals surface area contributed by atoms with Crippen LogP contribution in [0, 0.1) is 5.41 Å². The first kappa shape index (κ1) is 24.2. The van der Waals surface area contributed by atoms with Crippen LogP contribution >= 0.6 is 11.6 Å². The predicted octanol–water partition coefficient (Wildman–Crippen LogP) is 4.66. The zero-order valence-corrected chi connectivity index (χ0v) is 20.2. The molecule has 0 bridgehead atoms. The van der Waals surface area contributed by atoms with E-state index in [1.807, 2.05) is 24.3 Å². The summed E-state index contributed by atoms with van der Waals surface area (Å²) >= 11 is 6.46. The van der Waals surface area contributed by atoms with Crippen molar-refractivity contribution in [1.29, 1.82) is 5.41 Å². The number of methoxy groups -OCH3 is 2. The van der Waals surface area contributed by atoms with E-state index in [4.69, 9.17) is 40.8 Å². The molecule has 0 fully saturated rings. The van der Waals surface area contributed by atoms with E-state index in [0.29, 0.717) is 47.5 Å². The third-order valence-corrected chi connectivity index (χ3v) is 5.39. The van der Waals surface area contributed by atoms with Crippen molar-refractivity contribution in [2.45, 2.75) is 13.3 Å². The Morgan fingerprint density at radius 1 is 1.09 bits per heavy atom. The molecule has 2 aromatic carbocycles. The van der Waals surface area contributed by atoms with Crippen LogP contribution in [0.25, 0.3) is 6.08 Å². The van der Waals surface area contributed by atoms with Crippen LogP contribution in [-0.2, 0) is 9.63 Å². The van der Waals surface area contributed by atoms with Crippen molar-refractivity contribution in [3.05, 3.63) is 64.4 Å². The molecule has 4 rings (SSSR count). The van der Waals surface area contributed by atoms with E-state index in [2.05, 4.69) is 4.99 Å². The Morgan fingerprint density at radius 3 is 2.51 bits per heavy atom. The number of hydrogen-bond donors (Lipinski definition) is 1. The molecule has 1 amide bonds. The van der Waals surface area contributed by atoms with Crippen LogP contribution in [0.4, 0.5) is 0 Å². The van der Waals surface area contributed by atoms with E-state index < -0.39 is 5.91 Å². The molecule has 2 aromatic rings. The number of aliphatic imine (C=N–C) groups is 1. The summed E-state index contributed by atoms with van der Waals surface area (Å²) in [4.78, 5) is 21.9. The third-order valence-electron chi connectivity index (χ3n) is 5.11. The van der Waals surface area contributed by atoms with Gasteiger partial charge in [0.1, 0.15) is 17.3 Å². The van der Waals surface area contributed by atoms with Gasteiger partial charge in [0.2, 0.25) is 0 Å². The van der Waals surface area contributed by atoms with Crippen molar-refractivity contribution in [2.24, 2.45) is 4.99 Å². The predicted molar refractivity (Wildman–Crippen MR) is 131 cm³/mol. The molecule has 0 aliphatic carbocycles. The zero-order valence-electron chi connectivity index (χ0n) is 19.5. The Morgan fingerprint density at radius 2 is 1.80 bits per heavy atom. The summed E-state index contributed by atoms with van der Waals surface area (Å²) in [5, 5.41) is 9.85. The standard InChI is InChI=1S/C25H24ClN3O6/c1-15-11-22-28-25(30)19(24(27)29(22)35-15)12-16-13-20(26)23(21(14-16)32-3)34-10-4-9-33-18-7-5-17(31-2)6-8-18/h5-8,11-14,27H,4,9-10H2,1-3H3/b19-12+,27-24?. The largest absolute Gasteiger partial charge is 0.497 e. The van der Waals surface area contributed by atoms with Crippen LogP contribution in [0.5, 0.6) is 23.0 Å². The minimum Gasteiger partial charge on any atom is -0.497 e. The van der Waals surface area contributed by atoms with Crippen LogP contribution in [-0.4, -0.2) is 50.1 Å². The average Bonchev–Trinajstić information content (AvgIpc) is 3.22. The molecule has 0 saturated carbocycles. The van der Waals surface area contributed by atoms with Crippen LogP contribution in [0.2, 0.25) is 5.02 Å². The first-order chi connectivity index (χ1) is 16.9. The van der Waals surface area contributed by atoms with Gasteiger partial charge in [-0.05, 0) is 55.0 Å². The normalized spacial score (nSPS) is 15.9. The van der Waals surface area contributed by atoms with Crippen LogP contribution in [0.15, 0.2) is 58.8 Å². The molecule has 1 N–H and O–H groups in total. The van der Waals surface area contributed by atoms with Crippen molar-refractivity contribution in [1.82, 2.24) is 5.06 Å². The fourth-order valence-corrected chi connectivity index (χ4v) is 3.70. The maximum absolute atomic E-state index is 12.5. The quantitative estimate of drug-likeness (QED) is 0.397. The van der Waals surface area contributed by atoms with E-state index in [0.717, 1.165) is 11.5 Å². The number of carbonyl (C=O) groups excluding carboxylic acids is 1. The van der Waals surface area contributed by atoms with Crippen molar-refractivity contribution >= 4 is 35.3 Å². The van der Waals surface area contributed by atoms with Gasteiger partial charge in [-0.25, -0.2) is 0 Å². The van der Waals surface area contributed by atoms with Gasteiger partial charge in [0.15, 0.2) is 23.2 Å². The van der Waals surface area contributed by atoms with E-state index in [9.17, 15) is 4.79 Å². The van der Waals surface area contributed by atoms with Crippen molar-refractivity contribution in [2.75, 3.05) is 27.4 Å². The van der Waals surface area contributed by atoms with Gasteiger partial charge in [0, 0.05) is 12.5 Å². The van der Waals surface area contributed by atoms with Crippen molar-refractivity contribution in [3.63, 3.8) is 0 Å². The highest BCUT2D eigenvalue weighted by molar-refractivity contribution is 6.33. The smallest absolute Gasteiger partial charge is 0.282 e. The van der Waals surface area contributed by atoms with Gasteiger partial charge in [-0.15, -0.1) is 5.06 Å². The lowest BCUT2D eigenvalue weighted by atomic mass is 10.1. The number of carbonyl (C=O) groups is 1. The molecule has 0 atom stereocenters. The topological polar surface area (TPSA) is 103 Å². The number of amidine groups is 2. The number of rotatable bonds is 9. The monoisotopic (exact) mass is 497 g/mol. The van der Waals surface area contributed by atoms with E-state index >= 15 is 0 Å². The third kappa shape index (κ3) is 5.41. The number of nitrogens with one attached hydrogen (secondary N) is 1. The summed E-state index contributed by atoms with van der Waals surface area (Å²) in [6.07, 6.45) is 3.73.